The minimum absolute atomic E-state index is 0.0647. The summed E-state index contributed by atoms with van der Waals surface area (Å²) in [5, 5.41) is 0. The van der Waals surface area contributed by atoms with E-state index in [2.05, 4.69) is 0 Å². The molecular weight excluding hydrogens is 547 g/mol. The van der Waals surface area contributed by atoms with Gasteiger partial charge in [0.2, 0.25) is 0 Å². The maximum absolute atomic E-state index is 12.3. The lowest BCUT2D eigenvalue weighted by Crippen LogP contribution is -2.09. The van der Waals surface area contributed by atoms with Crippen LogP contribution in [0.2, 0.25) is 0 Å². The molecular formula is C29H30Cl2O8. The maximum Gasteiger partial charge on any atom is 0.312 e. The predicted molar refractivity (Wildman–Crippen MR) is 150 cm³/mol. The van der Waals surface area contributed by atoms with Gasteiger partial charge >= 0.3 is 11.9 Å². The predicted octanol–water partition coefficient (Wildman–Crippen LogP) is 5.81. The second-order valence-electron chi connectivity index (χ2n) is 7.88. The third kappa shape index (κ3) is 11.3. The number of carbonyl (C=O) groups excluding carboxylic acids is 4. The summed E-state index contributed by atoms with van der Waals surface area (Å²) in [5.74, 6) is -0.249. The van der Waals surface area contributed by atoms with Gasteiger partial charge in [0.25, 0.3) is 0 Å². The quantitative estimate of drug-likeness (QED) is 0.0810. The van der Waals surface area contributed by atoms with Crippen molar-refractivity contribution in [2.45, 2.75) is 33.1 Å². The number of halogens is 2. The van der Waals surface area contributed by atoms with Crippen molar-refractivity contribution in [1.82, 2.24) is 0 Å². The number of ether oxygens (including phenoxy) is 4. The average molecular weight is 577 g/mol. The zero-order valence-corrected chi connectivity index (χ0v) is 23.3. The Morgan fingerprint density at radius 2 is 1.08 bits per heavy atom. The normalized spacial score (nSPS) is 11.0. The number of allylic oxidation sites excluding steroid dienone is 2. The first-order chi connectivity index (χ1) is 18.8. The molecule has 8 nitrogen and oxygen atoms in total. The van der Waals surface area contributed by atoms with Crippen molar-refractivity contribution in [2.75, 3.05) is 25.0 Å². The van der Waals surface area contributed by atoms with Crippen LogP contribution in [0.4, 0.5) is 0 Å². The van der Waals surface area contributed by atoms with E-state index in [1.54, 1.807) is 62.4 Å². The number of esters is 2. The van der Waals surface area contributed by atoms with Crippen molar-refractivity contribution in [3.05, 3.63) is 59.7 Å². The summed E-state index contributed by atoms with van der Waals surface area (Å²) in [5.41, 5.74) is 1.25. The summed E-state index contributed by atoms with van der Waals surface area (Å²) in [4.78, 5) is 48.2. The maximum atomic E-state index is 12.3. The lowest BCUT2D eigenvalue weighted by Gasteiger charge is -2.11. The van der Waals surface area contributed by atoms with Crippen LogP contribution in [-0.2, 0) is 19.2 Å². The van der Waals surface area contributed by atoms with Gasteiger partial charge in [-0.2, -0.15) is 0 Å². The number of ketones is 2. The summed E-state index contributed by atoms with van der Waals surface area (Å²) in [6, 6.07) is 9.70. The monoisotopic (exact) mass is 576 g/mol. The Bertz CT molecular complexity index is 1130. The molecule has 2 aromatic carbocycles. The van der Waals surface area contributed by atoms with Crippen molar-refractivity contribution >= 4 is 58.9 Å². The SMILES string of the molecule is CCOc1cc(/C=C/C(=O)CC(=O)/C=C/c2ccc(OC(=O)CCCl)c(OCC)c2)ccc1OC(=O)CCCl. The standard InChI is InChI=1S/C29H30Cl2O8/c1-3-36-26-17-20(7-11-24(26)38-28(34)13-15-30)5-9-22(32)19-23(33)10-6-21-8-12-25(27(18-21)37-4-2)39-29(35)14-16-31/h5-12,17-18H,3-4,13-16,19H2,1-2H3/b9-5+,10-6+. The molecule has 0 atom stereocenters. The van der Waals surface area contributed by atoms with Crippen LogP contribution in [0.25, 0.3) is 12.2 Å². The molecule has 0 heterocycles. The van der Waals surface area contributed by atoms with E-state index in [9.17, 15) is 19.2 Å². The molecule has 0 amide bonds. The van der Waals surface area contributed by atoms with Gasteiger partial charge in [-0.25, -0.2) is 0 Å². The first-order valence-electron chi connectivity index (χ1n) is 12.3. The molecule has 208 valence electrons. The van der Waals surface area contributed by atoms with Crippen LogP contribution in [0.1, 0.15) is 44.2 Å². The number of benzene rings is 2. The van der Waals surface area contributed by atoms with Gasteiger partial charge in [-0.15, -0.1) is 23.2 Å². The Kier molecular flexibility index (Phi) is 13.8. The first-order valence-corrected chi connectivity index (χ1v) is 13.3. The van der Waals surface area contributed by atoms with Gasteiger partial charge in [0.15, 0.2) is 34.6 Å². The average Bonchev–Trinajstić information content (AvgIpc) is 2.89. The number of rotatable bonds is 16. The molecule has 0 radical (unpaired) electrons. The molecule has 10 heteroatoms. The van der Waals surface area contributed by atoms with Gasteiger partial charge in [0, 0.05) is 11.8 Å². The number of carbonyl (C=O) groups is 4. The summed E-state index contributed by atoms with van der Waals surface area (Å²) in [6.45, 7) is 4.28. The molecule has 0 unspecified atom stereocenters. The van der Waals surface area contributed by atoms with E-state index < -0.39 is 23.5 Å². The Morgan fingerprint density at radius 1 is 0.667 bits per heavy atom. The van der Waals surface area contributed by atoms with Gasteiger partial charge in [-0.3, -0.25) is 19.2 Å². The third-order valence-electron chi connectivity index (χ3n) is 4.85. The second-order valence-corrected chi connectivity index (χ2v) is 8.64. The van der Waals surface area contributed by atoms with Crippen molar-refractivity contribution in [3.8, 4) is 23.0 Å². The van der Waals surface area contributed by atoms with Gasteiger partial charge in [0.05, 0.1) is 32.5 Å². The van der Waals surface area contributed by atoms with E-state index in [1.807, 2.05) is 0 Å². The Hall–Kier alpha value is -3.62. The molecule has 0 aliphatic carbocycles. The minimum atomic E-state index is -0.480. The molecule has 2 rings (SSSR count). The largest absolute Gasteiger partial charge is 0.490 e. The number of hydrogen-bond donors (Lipinski definition) is 0. The Morgan fingerprint density at radius 3 is 1.44 bits per heavy atom. The fourth-order valence-electron chi connectivity index (χ4n) is 3.13. The number of alkyl halides is 2. The van der Waals surface area contributed by atoms with Gasteiger partial charge in [-0.1, -0.05) is 24.3 Å². The van der Waals surface area contributed by atoms with Crippen molar-refractivity contribution in [2.24, 2.45) is 0 Å². The highest BCUT2D eigenvalue weighted by molar-refractivity contribution is 6.19. The van der Waals surface area contributed by atoms with Crippen LogP contribution in [0, 0.1) is 0 Å². The topological polar surface area (TPSA) is 105 Å². The second kappa shape index (κ2) is 17.1. The zero-order chi connectivity index (χ0) is 28.6. The van der Waals surface area contributed by atoms with Crippen molar-refractivity contribution in [3.63, 3.8) is 0 Å². The molecule has 0 fully saturated rings. The highest BCUT2D eigenvalue weighted by Crippen LogP contribution is 2.30. The molecule has 0 N–H and O–H groups in total. The Balaban J connectivity index is 2.02. The first kappa shape index (κ1) is 31.6. The summed E-state index contributed by atoms with van der Waals surface area (Å²) >= 11 is 11.1. The highest BCUT2D eigenvalue weighted by Gasteiger charge is 2.12. The van der Waals surface area contributed by atoms with E-state index in [0.29, 0.717) is 35.8 Å². The lowest BCUT2D eigenvalue weighted by molar-refractivity contribution is -0.134. The van der Waals surface area contributed by atoms with Gasteiger partial charge in [0.1, 0.15) is 0 Å². The molecule has 0 aliphatic heterocycles. The molecule has 39 heavy (non-hydrogen) atoms. The fourth-order valence-corrected chi connectivity index (χ4v) is 3.44. The molecule has 0 bridgehead atoms. The molecule has 0 aromatic heterocycles. The van der Waals surface area contributed by atoms with Crippen molar-refractivity contribution < 1.29 is 38.1 Å². The van der Waals surface area contributed by atoms with E-state index in [0.717, 1.165) is 0 Å². The highest BCUT2D eigenvalue weighted by atomic mass is 35.5. The van der Waals surface area contributed by atoms with E-state index >= 15 is 0 Å². The smallest absolute Gasteiger partial charge is 0.312 e. The van der Waals surface area contributed by atoms with Crippen LogP contribution >= 0.6 is 23.2 Å². The van der Waals surface area contributed by atoms with E-state index in [-0.39, 0.29) is 42.5 Å². The molecule has 0 aliphatic rings. The molecule has 2 aromatic rings. The van der Waals surface area contributed by atoms with Crippen LogP contribution in [0.15, 0.2) is 48.6 Å². The number of hydrogen-bond acceptors (Lipinski definition) is 8. The van der Waals surface area contributed by atoms with Gasteiger partial charge < -0.3 is 18.9 Å². The summed E-state index contributed by atoms with van der Waals surface area (Å²) in [6.07, 6.45) is 5.49. The zero-order valence-electron chi connectivity index (χ0n) is 21.7. The fraction of sp³-hybridized carbons (Fsp3) is 0.310. The van der Waals surface area contributed by atoms with E-state index in [1.165, 1.54) is 12.2 Å². The van der Waals surface area contributed by atoms with Crippen LogP contribution < -0.4 is 18.9 Å². The van der Waals surface area contributed by atoms with Crippen LogP contribution in [0.5, 0.6) is 23.0 Å². The Labute approximate surface area is 237 Å². The van der Waals surface area contributed by atoms with Crippen molar-refractivity contribution in [1.29, 1.82) is 0 Å². The summed E-state index contributed by atoms with van der Waals surface area (Å²) < 4.78 is 21.6. The van der Waals surface area contributed by atoms with Crippen LogP contribution in [0.3, 0.4) is 0 Å². The lowest BCUT2D eigenvalue weighted by atomic mass is 10.1. The summed E-state index contributed by atoms with van der Waals surface area (Å²) in [7, 11) is 0. The molecule has 0 saturated carbocycles. The molecule has 0 spiro atoms. The van der Waals surface area contributed by atoms with Crippen LogP contribution in [-0.4, -0.2) is 48.5 Å². The van der Waals surface area contributed by atoms with E-state index in [4.69, 9.17) is 42.1 Å². The molecule has 0 saturated heterocycles. The van der Waals surface area contributed by atoms with Gasteiger partial charge in [-0.05, 0) is 61.4 Å². The minimum Gasteiger partial charge on any atom is -0.490 e. The third-order valence-corrected chi connectivity index (χ3v) is 5.23.